The summed E-state index contributed by atoms with van der Waals surface area (Å²) in [5.41, 5.74) is 0.0988. The standard InChI is InChI=1S/C17H31NO/c1-14(2)17(3)12-8-9-13-18(17)16(19)15-10-6-4-5-7-11-15/h14-15H,4-13H2,1-3H3. The summed E-state index contributed by atoms with van der Waals surface area (Å²) in [5, 5.41) is 0. The molecule has 19 heavy (non-hydrogen) atoms. The molecular weight excluding hydrogens is 234 g/mol. The van der Waals surface area contributed by atoms with Crippen molar-refractivity contribution in [1.29, 1.82) is 0 Å². The summed E-state index contributed by atoms with van der Waals surface area (Å²) in [6.45, 7) is 7.85. The van der Waals surface area contributed by atoms with Gasteiger partial charge in [-0.3, -0.25) is 4.79 Å². The summed E-state index contributed by atoms with van der Waals surface area (Å²) < 4.78 is 0. The summed E-state index contributed by atoms with van der Waals surface area (Å²) in [5.74, 6) is 1.35. The van der Waals surface area contributed by atoms with Crippen LogP contribution in [0.4, 0.5) is 0 Å². The molecule has 2 nitrogen and oxygen atoms in total. The molecule has 1 saturated heterocycles. The van der Waals surface area contributed by atoms with Crippen molar-refractivity contribution in [2.24, 2.45) is 11.8 Å². The van der Waals surface area contributed by atoms with Crippen molar-refractivity contribution >= 4 is 5.91 Å². The second kappa shape index (κ2) is 6.28. The minimum absolute atomic E-state index is 0.0988. The Kier molecular flexibility index (Phi) is 4.92. The Morgan fingerprint density at radius 1 is 1.05 bits per heavy atom. The molecule has 2 fully saturated rings. The predicted molar refractivity (Wildman–Crippen MR) is 80.0 cm³/mol. The average Bonchev–Trinajstić information content (AvgIpc) is 2.67. The monoisotopic (exact) mass is 265 g/mol. The van der Waals surface area contributed by atoms with Crippen molar-refractivity contribution in [2.75, 3.05) is 6.54 Å². The van der Waals surface area contributed by atoms with E-state index in [0.717, 1.165) is 19.4 Å². The topological polar surface area (TPSA) is 20.3 Å². The van der Waals surface area contributed by atoms with Gasteiger partial charge in [0.15, 0.2) is 0 Å². The van der Waals surface area contributed by atoms with Gasteiger partial charge in [0.1, 0.15) is 0 Å². The van der Waals surface area contributed by atoms with E-state index >= 15 is 0 Å². The highest BCUT2D eigenvalue weighted by atomic mass is 16.2. The van der Waals surface area contributed by atoms with Crippen molar-refractivity contribution in [3.05, 3.63) is 0 Å². The smallest absolute Gasteiger partial charge is 0.226 e. The predicted octanol–water partition coefficient (Wildman–Crippen LogP) is 4.38. The molecule has 1 heterocycles. The highest BCUT2D eigenvalue weighted by Crippen LogP contribution is 2.37. The second-order valence-corrected chi connectivity index (χ2v) is 7.15. The van der Waals surface area contributed by atoms with E-state index in [2.05, 4.69) is 25.7 Å². The summed E-state index contributed by atoms with van der Waals surface area (Å²) in [6, 6.07) is 0. The Balaban J connectivity index is 2.10. The maximum atomic E-state index is 13.0. The van der Waals surface area contributed by atoms with E-state index in [-0.39, 0.29) is 5.54 Å². The van der Waals surface area contributed by atoms with Crippen molar-refractivity contribution in [2.45, 2.75) is 84.1 Å². The first-order valence-corrected chi connectivity index (χ1v) is 8.37. The molecule has 2 heteroatoms. The summed E-state index contributed by atoms with van der Waals surface area (Å²) in [7, 11) is 0. The van der Waals surface area contributed by atoms with Crippen LogP contribution < -0.4 is 0 Å². The third-order valence-corrected chi connectivity index (χ3v) is 5.65. The Labute approximate surface area is 118 Å². The van der Waals surface area contributed by atoms with E-state index in [1.165, 1.54) is 44.9 Å². The zero-order chi connectivity index (χ0) is 13.9. The van der Waals surface area contributed by atoms with Gasteiger partial charge < -0.3 is 4.90 Å². The SMILES string of the molecule is CC(C)C1(C)CCCCN1C(=O)C1CCCCCC1. The van der Waals surface area contributed by atoms with Crippen molar-refractivity contribution < 1.29 is 4.79 Å². The van der Waals surface area contributed by atoms with E-state index in [1.54, 1.807) is 0 Å². The number of carbonyl (C=O) groups excluding carboxylic acids is 1. The maximum absolute atomic E-state index is 13.0. The fourth-order valence-electron chi connectivity index (χ4n) is 3.85. The number of rotatable bonds is 2. The van der Waals surface area contributed by atoms with Crippen LogP contribution in [0, 0.1) is 11.8 Å². The number of amides is 1. The number of carbonyl (C=O) groups is 1. The van der Waals surface area contributed by atoms with Gasteiger partial charge in [-0.1, -0.05) is 39.5 Å². The molecule has 1 unspecified atom stereocenters. The fraction of sp³-hybridized carbons (Fsp3) is 0.941. The molecule has 110 valence electrons. The lowest BCUT2D eigenvalue weighted by Crippen LogP contribution is -2.57. The number of piperidine rings is 1. The third kappa shape index (κ3) is 3.14. The molecule has 1 aliphatic carbocycles. The van der Waals surface area contributed by atoms with E-state index in [9.17, 15) is 4.79 Å². The first-order chi connectivity index (χ1) is 9.05. The van der Waals surface area contributed by atoms with Gasteiger partial charge in [0.2, 0.25) is 5.91 Å². The number of nitrogens with zero attached hydrogens (tertiary/aromatic N) is 1. The number of hydrogen-bond acceptors (Lipinski definition) is 1. The van der Waals surface area contributed by atoms with Gasteiger partial charge in [-0.25, -0.2) is 0 Å². The second-order valence-electron chi connectivity index (χ2n) is 7.15. The zero-order valence-corrected chi connectivity index (χ0v) is 13.1. The summed E-state index contributed by atoms with van der Waals surface area (Å²) in [6.07, 6.45) is 11.1. The molecule has 2 rings (SSSR count). The van der Waals surface area contributed by atoms with Crippen LogP contribution in [-0.2, 0) is 4.79 Å². The van der Waals surface area contributed by atoms with E-state index < -0.39 is 0 Å². The Morgan fingerprint density at radius 2 is 1.68 bits per heavy atom. The first kappa shape index (κ1) is 14.9. The van der Waals surface area contributed by atoms with Crippen LogP contribution >= 0.6 is 0 Å². The van der Waals surface area contributed by atoms with Crippen LogP contribution in [0.15, 0.2) is 0 Å². The molecule has 0 aromatic carbocycles. The lowest BCUT2D eigenvalue weighted by atomic mass is 9.78. The van der Waals surface area contributed by atoms with Crippen LogP contribution in [0.25, 0.3) is 0 Å². The molecule has 1 saturated carbocycles. The summed E-state index contributed by atoms with van der Waals surface area (Å²) in [4.78, 5) is 15.2. The fourth-order valence-corrected chi connectivity index (χ4v) is 3.85. The van der Waals surface area contributed by atoms with E-state index in [0.29, 0.717) is 17.7 Å². The molecule has 1 amide bonds. The van der Waals surface area contributed by atoms with Gasteiger partial charge in [0.05, 0.1) is 0 Å². The van der Waals surface area contributed by atoms with Gasteiger partial charge in [0, 0.05) is 18.0 Å². The molecule has 1 atom stereocenters. The quantitative estimate of drug-likeness (QED) is 0.678. The lowest BCUT2D eigenvalue weighted by molar-refractivity contribution is -0.146. The molecule has 2 aliphatic rings. The van der Waals surface area contributed by atoms with Crippen molar-refractivity contribution in [1.82, 2.24) is 4.90 Å². The van der Waals surface area contributed by atoms with E-state index in [4.69, 9.17) is 0 Å². The molecular formula is C17H31NO. The molecule has 0 N–H and O–H groups in total. The first-order valence-electron chi connectivity index (χ1n) is 8.37. The molecule has 0 radical (unpaired) electrons. The van der Waals surface area contributed by atoms with Crippen molar-refractivity contribution in [3.8, 4) is 0 Å². The van der Waals surface area contributed by atoms with E-state index in [1.807, 2.05) is 0 Å². The molecule has 1 aliphatic heterocycles. The maximum Gasteiger partial charge on any atom is 0.226 e. The lowest BCUT2D eigenvalue weighted by Gasteiger charge is -2.49. The zero-order valence-electron chi connectivity index (χ0n) is 13.1. The van der Waals surface area contributed by atoms with Gasteiger partial charge in [-0.15, -0.1) is 0 Å². The Bertz CT molecular complexity index is 304. The van der Waals surface area contributed by atoms with Crippen molar-refractivity contribution in [3.63, 3.8) is 0 Å². The highest BCUT2D eigenvalue weighted by Gasteiger charge is 2.41. The van der Waals surface area contributed by atoms with Gasteiger partial charge in [0.25, 0.3) is 0 Å². The average molecular weight is 265 g/mol. The molecule has 0 aromatic heterocycles. The van der Waals surface area contributed by atoms with Crippen LogP contribution in [0.3, 0.4) is 0 Å². The minimum Gasteiger partial charge on any atom is -0.337 e. The third-order valence-electron chi connectivity index (χ3n) is 5.65. The highest BCUT2D eigenvalue weighted by molar-refractivity contribution is 5.79. The van der Waals surface area contributed by atoms with Gasteiger partial charge >= 0.3 is 0 Å². The number of hydrogen-bond donors (Lipinski definition) is 0. The normalized spacial score (nSPS) is 30.4. The van der Waals surface area contributed by atoms with Gasteiger partial charge in [-0.2, -0.15) is 0 Å². The van der Waals surface area contributed by atoms with Gasteiger partial charge in [-0.05, 0) is 44.9 Å². The number of likely N-dealkylation sites (tertiary alicyclic amines) is 1. The minimum atomic E-state index is 0.0988. The molecule has 0 spiro atoms. The largest absolute Gasteiger partial charge is 0.337 e. The van der Waals surface area contributed by atoms with Crippen LogP contribution in [0.1, 0.15) is 78.6 Å². The summed E-state index contributed by atoms with van der Waals surface area (Å²) >= 11 is 0. The Hall–Kier alpha value is -0.530. The van der Waals surface area contributed by atoms with Crippen LogP contribution in [0.5, 0.6) is 0 Å². The van der Waals surface area contributed by atoms with Crippen LogP contribution in [-0.4, -0.2) is 22.9 Å². The van der Waals surface area contributed by atoms with Crippen LogP contribution in [0.2, 0.25) is 0 Å². The molecule has 0 aromatic rings. The molecule has 0 bridgehead atoms. The Morgan fingerprint density at radius 3 is 2.26 bits per heavy atom.